The zero-order valence-electron chi connectivity index (χ0n) is 29.9. The molecule has 0 spiro atoms. The van der Waals surface area contributed by atoms with Crippen molar-refractivity contribution in [2.24, 2.45) is 0 Å². The van der Waals surface area contributed by atoms with E-state index in [2.05, 4.69) is 30.2 Å². The first-order chi connectivity index (χ1) is 25.7. The van der Waals surface area contributed by atoms with Gasteiger partial charge in [-0.1, -0.05) is 29.4 Å². The molecule has 1 fully saturated rings. The number of carbonyl (C=O) groups excluding carboxylic acids is 2. The van der Waals surface area contributed by atoms with Crippen LogP contribution in [0.2, 0.25) is 0 Å². The number of hydrogen-bond acceptors (Lipinski definition) is 13. The summed E-state index contributed by atoms with van der Waals surface area (Å²) in [5.41, 5.74) is -0.392. The number of alkyl halides is 5. The topological polar surface area (TPSA) is 183 Å². The summed E-state index contributed by atoms with van der Waals surface area (Å²) in [5.74, 6) is -7.59. The number of rotatable bonds is 9. The second kappa shape index (κ2) is 14.9. The molecule has 2 aromatic heterocycles. The highest BCUT2D eigenvalue weighted by molar-refractivity contribution is 7.91. The standard InChI is InChI=1S/C34H36F5N7O8S/c1-32(2,3)53-31(48)40-23-17-55(49,50)25-10-9-21(27-42-43-28(52-27)22-14-33(35,36)18-45(16-22)11-12-51-4)13-24(25)46(29(23)47)15-19-5-7-20(8-6-19)26-41-30(54-44-26)34(37,38)39/h5-10,13,22-23H,11-12,14-18H2,1-4H3,(H,40,48)/t22?,23-/m0/s1. The van der Waals surface area contributed by atoms with E-state index in [1.165, 1.54) is 54.5 Å². The summed E-state index contributed by atoms with van der Waals surface area (Å²) < 4.78 is 117. The number of anilines is 1. The molecule has 2 atom stereocenters. The second-order valence-electron chi connectivity index (χ2n) is 14.1. The van der Waals surface area contributed by atoms with Crippen LogP contribution in [-0.4, -0.2) is 102 Å². The van der Waals surface area contributed by atoms with Crippen LogP contribution in [0.25, 0.3) is 22.8 Å². The fourth-order valence-corrected chi connectivity index (χ4v) is 7.80. The molecule has 4 heterocycles. The highest BCUT2D eigenvalue weighted by atomic mass is 32.2. The fraction of sp³-hybridized carbons (Fsp3) is 0.471. The van der Waals surface area contributed by atoms with E-state index >= 15 is 0 Å². The van der Waals surface area contributed by atoms with E-state index in [1.807, 2.05) is 0 Å². The summed E-state index contributed by atoms with van der Waals surface area (Å²) >= 11 is 0. The zero-order valence-corrected chi connectivity index (χ0v) is 30.7. The Balaban J connectivity index is 1.35. The first-order valence-electron chi connectivity index (χ1n) is 16.8. The van der Waals surface area contributed by atoms with Gasteiger partial charge in [0.25, 0.3) is 11.8 Å². The number of alkyl carbamates (subject to hydrolysis) is 1. The number of methoxy groups -OCH3 is 1. The predicted octanol–water partition coefficient (Wildman–Crippen LogP) is 5.09. The van der Waals surface area contributed by atoms with Gasteiger partial charge in [0.1, 0.15) is 11.6 Å². The smallest absolute Gasteiger partial charge is 0.444 e. The summed E-state index contributed by atoms with van der Waals surface area (Å²) in [6.07, 6.45) is -6.43. The van der Waals surface area contributed by atoms with Crippen LogP contribution in [0.1, 0.15) is 50.5 Å². The number of ether oxygens (including phenoxy) is 2. The van der Waals surface area contributed by atoms with Crippen LogP contribution >= 0.6 is 0 Å². The summed E-state index contributed by atoms with van der Waals surface area (Å²) in [4.78, 5) is 32.8. The van der Waals surface area contributed by atoms with Gasteiger partial charge in [0.05, 0.1) is 42.0 Å². The van der Waals surface area contributed by atoms with E-state index in [9.17, 15) is 40.0 Å². The number of nitrogens with one attached hydrogen (secondary N) is 1. The minimum Gasteiger partial charge on any atom is -0.444 e. The van der Waals surface area contributed by atoms with Crippen LogP contribution in [0.5, 0.6) is 0 Å². The molecule has 1 saturated heterocycles. The lowest BCUT2D eigenvalue weighted by Crippen LogP contribution is -2.51. The van der Waals surface area contributed by atoms with Gasteiger partial charge in [-0.2, -0.15) is 18.2 Å². The van der Waals surface area contributed by atoms with Crippen molar-refractivity contribution in [3.63, 3.8) is 0 Å². The summed E-state index contributed by atoms with van der Waals surface area (Å²) in [7, 11) is -2.82. The molecule has 0 saturated carbocycles. The lowest BCUT2D eigenvalue weighted by atomic mass is 9.95. The number of benzene rings is 2. The third-order valence-electron chi connectivity index (χ3n) is 8.57. The van der Waals surface area contributed by atoms with Crippen molar-refractivity contribution < 1.29 is 58.4 Å². The SMILES string of the molecule is COCCN1CC(c2nnc(-c3ccc4c(c3)N(Cc3ccc(-c5noc(C(F)(F)F)n5)cc3)C(=O)[C@@H](NC(=O)OC(C)(C)C)CS4(=O)=O)o2)CC(F)(F)C1. The summed E-state index contributed by atoms with van der Waals surface area (Å²) in [6, 6.07) is 8.02. The van der Waals surface area contributed by atoms with E-state index in [-0.39, 0.29) is 65.6 Å². The van der Waals surface area contributed by atoms with Gasteiger partial charge in [-0.15, -0.1) is 10.2 Å². The van der Waals surface area contributed by atoms with Gasteiger partial charge >= 0.3 is 18.2 Å². The molecule has 2 aromatic carbocycles. The van der Waals surface area contributed by atoms with Crippen molar-refractivity contribution in [3.8, 4) is 22.8 Å². The molecule has 0 radical (unpaired) electrons. The Morgan fingerprint density at radius 2 is 1.78 bits per heavy atom. The van der Waals surface area contributed by atoms with E-state index in [0.29, 0.717) is 5.56 Å². The van der Waals surface area contributed by atoms with E-state index < -0.39 is 76.1 Å². The third kappa shape index (κ3) is 9.27. The third-order valence-corrected chi connectivity index (χ3v) is 10.4. The highest BCUT2D eigenvalue weighted by Crippen LogP contribution is 2.39. The molecule has 2 aliphatic heterocycles. The van der Waals surface area contributed by atoms with Crippen molar-refractivity contribution in [2.45, 2.75) is 68.3 Å². The first-order valence-corrected chi connectivity index (χ1v) is 18.5. The van der Waals surface area contributed by atoms with Crippen molar-refractivity contribution >= 4 is 27.5 Å². The Hall–Kier alpha value is -5.02. The number of sulfone groups is 1. The normalized spacial score (nSPS) is 20.2. The average molecular weight is 798 g/mol. The van der Waals surface area contributed by atoms with Gasteiger partial charge in [0, 0.05) is 37.7 Å². The molecule has 1 N–H and O–H groups in total. The minimum atomic E-state index is -4.85. The van der Waals surface area contributed by atoms with Crippen LogP contribution in [-0.2, 0) is 36.8 Å². The molecule has 2 aliphatic rings. The number of hydrogen-bond donors (Lipinski definition) is 1. The molecule has 0 bridgehead atoms. The lowest BCUT2D eigenvalue weighted by Gasteiger charge is -2.36. The van der Waals surface area contributed by atoms with Crippen LogP contribution in [0.4, 0.5) is 32.4 Å². The van der Waals surface area contributed by atoms with Gasteiger partial charge in [0.2, 0.25) is 17.6 Å². The number of piperidine rings is 1. The Morgan fingerprint density at radius 3 is 2.44 bits per heavy atom. The number of halogens is 5. The summed E-state index contributed by atoms with van der Waals surface area (Å²) in [6.45, 7) is 4.71. The van der Waals surface area contributed by atoms with E-state index in [0.717, 1.165) is 4.90 Å². The molecule has 6 rings (SSSR count). The van der Waals surface area contributed by atoms with Crippen molar-refractivity contribution in [2.75, 3.05) is 44.0 Å². The Morgan fingerprint density at radius 1 is 1.07 bits per heavy atom. The number of carbonyl (C=O) groups is 2. The molecule has 55 heavy (non-hydrogen) atoms. The molecule has 21 heteroatoms. The number of aromatic nitrogens is 4. The molecular weight excluding hydrogens is 761 g/mol. The van der Waals surface area contributed by atoms with Gasteiger partial charge in [-0.3, -0.25) is 9.69 Å². The van der Waals surface area contributed by atoms with Crippen molar-refractivity contribution in [3.05, 3.63) is 59.8 Å². The Bertz CT molecular complexity index is 2150. The van der Waals surface area contributed by atoms with Crippen LogP contribution in [0.3, 0.4) is 0 Å². The Labute approximate surface area is 311 Å². The van der Waals surface area contributed by atoms with E-state index in [1.54, 1.807) is 20.8 Å². The van der Waals surface area contributed by atoms with Crippen molar-refractivity contribution in [1.82, 2.24) is 30.6 Å². The molecule has 0 aliphatic carbocycles. The largest absolute Gasteiger partial charge is 0.471 e. The molecule has 15 nitrogen and oxygen atoms in total. The van der Waals surface area contributed by atoms with Gasteiger partial charge in [-0.05, 0) is 44.5 Å². The quantitative estimate of drug-likeness (QED) is 0.221. The fourth-order valence-electron chi connectivity index (χ4n) is 6.19. The minimum absolute atomic E-state index is 0.0574. The number of likely N-dealkylation sites (tertiary alicyclic amines) is 1. The number of fused-ring (bicyclic) bond motifs is 1. The van der Waals surface area contributed by atoms with Crippen LogP contribution < -0.4 is 10.2 Å². The molecule has 2 amide bonds. The monoisotopic (exact) mass is 797 g/mol. The Kier molecular flexibility index (Phi) is 10.7. The van der Waals surface area contributed by atoms with Crippen LogP contribution in [0.15, 0.2) is 56.3 Å². The lowest BCUT2D eigenvalue weighted by molar-refractivity contribution is -0.159. The van der Waals surface area contributed by atoms with Crippen LogP contribution in [0, 0.1) is 0 Å². The average Bonchev–Trinajstić information content (AvgIpc) is 3.78. The maximum absolute atomic E-state index is 14.7. The first kappa shape index (κ1) is 39.7. The van der Waals surface area contributed by atoms with Gasteiger partial charge in [-0.25, -0.2) is 22.0 Å². The maximum atomic E-state index is 14.7. The van der Waals surface area contributed by atoms with Crippen molar-refractivity contribution in [1.29, 1.82) is 0 Å². The maximum Gasteiger partial charge on any atom is 0.471 e. The van der Waals surface area contributed by atoms with Gasteiger partial charge < -0.3 is 28.6 Å². The number of nitrogens with zero attached hydrogens (tertiary/aromatic N) is 6. The highest BCUT2D eigenvalue weighted by Gasteiger charge is 2.44. The number of amides is 2. The van der Waals surface area contributed by atoms with E-state index in [4.69, 9.17) is 13.9 Å². The second-order valence-corrected chi connectivity index (χ2v) is 16.1. The molecule has 296 valence electrons. The van der Waals surface area contributed by atoms with Gasteiger partial charge in [0.15, 0.2) is 9.84 Å². The molecule has 1 unspecified atom stereocenters. The molecular formula is C34H36F5N7O8S. The summed E-state index contributed by atoms with van der Waals surface area (Å²) in [5, 5.41) is 13.8. The predicted molar refractivity (Wildman–Crippen MR) is 181 cm³/mol. The molecule has 4 aromatic rings. The zero-order chi connectivity index (χ0) is 39.9.